The van der Waals surface area contributed by atoms with Gasteiger partial charge in [-0.15, -0.1) is 0 Å². The van der Waals surface area contributed by atoms with Crippen LogP contribution in [0.1, 0.15) is 32.3 Å². The van der Waals surface area contributed by atoms with Crippen molar-refractivity contribution in [2.45, 2.75) is 44.2 Å². The molecular weight excluding hydrogens is 557 g/mol. The normalized spacial score (nSPS) is 11.9. The lowest BCUT2D eigenvalue weighted by Crippen LogP contribution is -2.51. The van der Waals surface area contributed by atoms with Gasteiger partial charge in [-0.2, -0.15) is 0 Å². The number of carbonyl (C=O) groups excluding carboxylic acids is 2. The summed E-state index contributed by atoms with van der Waals surface area (Å²) in [7, 11) is -2.82. The number of ether oxygens (including phenoxy) is 1. The molecule has 3 aromatic carbocycles. The largest absolute Gasteiger partial charge is 0.495 e. The van der Waals surface area contributed by atoms with Crippen LogP contribution in [0.3, 0.4) is 0 Å². The number of nitrogens with one attached hydrogen (secondary N) is 1. The first-order valence-corrected chi connectivity index (χ1v) is 14.6. The predicted octanol–water partition coefficient (Wildman–Crippen LogP) is 5.02. The van der Waals surface area contributed by atoms with Crippen LogP contribution in [-0.2, 0) is 26.2 Å². The van der Waals surface area contributed by atoms with Crippen molar-refractivity contribution in [1.82, 2.24) is 10.2 Å². The topological polar surface area (TPSA) is 96.0 Å². The van der Waals surface area contributed by atoms with E-state index >= 15 is 0 Å². The summed E-state index contributed by atoms with van der Waals surface area (Å²) in [5.74, 6) is -1.35. The number of carbonyl (C=O) groups is 2. The van der Waals surface area contributed by atoms with Gasteiger partial charge in [0.25, 0.3) is 10.0 Å². The predicted molar refractivity (Wildman–Crippen MR) is 153 cm³/mol. The molecule has 0 saturated carbocycles. The third-order valence-corrected chi connectivity index (χ3v) is 8.41. The summed E-state index contributed by atoms with van der Waals surface area (Å²) in [4.78, 5) is 28.0. The zero-order valence-electron chi connectivity index (χ0n) is 22.6. The van der Waals surface area contributed by atoms with Crippen molar-refractivity contribution >= 4 is 39.1 Å². The molecule has 0 fully saturated rings. The fraction of sp³-hybridized carbons (Fsp3) is 0.310. The van der Waals surface area contributed by atoms with E-state index < -0.39 is 40.2 Å². The minimum atomic E-state index is -4.25. The molecule has 1 atom stereocenters. The number of hydrogen-bond acceptors (Lipinski definition) is 5. The summed E-state index contributed by atoms with van der Waals surface area (Å²) in [5.41, 5.74) is 0.308. The highest BCUT2D eigenvalue weighted by atomic mass is 35.5. The fourth-order valence-corrected chi connectivity index (χ4v) is 5.67. The lowest BCUT2D eigenvalue weighted by Gasteiger charge is -2.32. The number of nitrogens with zero attached hydrogens (tertiary/aromatic N) is 2. The lowest BCUT2D eigenvalue weighted by atomic mass is 10.1. The first kappa shape index (κ1) is 30.9. The van der Waals surface area contributed by atoms with Crippen LogP contribution in [0.15, 0.2) is 77.7 Å². The maximum absolute atomic E-state index is 14.6. The number of methoxy groups -OCH3 is 1. The third-order valence-electron chi connectivity index (χ3n) is 6.33. The molecule has 1 N–H and O–H groups in total. The third kappa shape index (κ3) is 7.51. The molecule has 0 aliphatic carbocycles. The van der Waals surface area contributed by atoms with Crippen molar-refractivity contribution in [3.63, 3.8) is 0 Å². The second-order valence-electron chi connectivity index (χ2n) is 9.08. The van der Waals surface area contributed by atoms with Gasteiger partial charge in [-0.25, -0.2) is 12.8 Å². The molecule has 2 amide bonds. The van der Waals surface area contributed by atoms with Crippen LogP contribution in [0.4, 0.5) is 10.1 Å². The molecule has 0 aliphatic rings. The van der Waals surface area contributed by atoms with E-state index in [9.17, 15) is 22.4 Å². The van der Waals surface area contributed by atoms with E-state index in [0.29, 0.717) is 12.3 Å². The summed E-state index contributed by atoms with van der Waals surface area (Å²) in [6, 6.07) is 16.9. The second kappa shape index (κ2) is 14.1. The molecule has 0 spiro atoms. The van der Waals surface area contributed by atoms with Crippen LogP contribution in [0.5, 0.6) is 5.75 Å². The number of sulfonamides is 1. The summed E-state index contributed by atoms with van der Waals surface area (Å²) in [6.07, 6.45) is 1.62. The molecule has 0 bridgehead atoms. The van der Waals surface area contributed by atoms with Gasteiger partial charge >= 0.3 is 0 Å². The number of halogens is 2. The summed E-state index contributed by atoms with van der Waals surface area (Å²) < 4.78 is 48.3. The number of anilines is 1. The highest BCUT2D eigenvalue weighted by molar-refractivity contribution is 7.92. The van der Waals surface area contributed by atoms with E-state index in [0.717, 1.165) is 17.1 Å². The van der Waals surface area contributed by atoms with Crippen LogP contribution in [0, 0.1) is 5.82 Å². The Morgan fingerprint density at radius 3 is 2.35 bits per heavy atom. The Morgan fingerprint density at radius 1 is 1.05 bits per heavy atom. The van der Waals surface area contributed by atoms with Crippen molar-refractivity contribution in [3.8, 4) is 5.75 Å². The smallest absolute Gasteiger partial charge is 0.264 e. The number of unbranched alkanes of at least 4 members (excludes halogenated alkanes) is 1. The molecule has 3 rings (SSSR count). The van der Waals surface area contributed by atoms with Gasteiger partial charge in [-0.1, -0.05) is 61.3 Å². The van der Waals surface area contributed by atoms with E-state index in [2.05, 4.69) is 5.32 Å². The second-order valence-corrected chi connectivity index (χ2v) is 11.3. The Hall–Kier alpha value is -3.63. The van der Waals surface area contributed by atoms with Crippen molar-refractivity contribution in [2.24, 2.45) is 0 Å². The average molecular weight is 590 g/mol. The van der Waals surface area contributed by atoms with Gasteiger partial charge in [0.1, 0.15) is 24.2 Å². The Kier molecular flexibility index (Phi) is 10.9. The van der Waals surface area contributed by atoms with E-state index in [-0.39, 0.29) is 27.7 Å². The summed E-state index contributed by atoms with van der Waals surface area (Å²) in [5, 5.41) is 2.94. The zero-order chi connectivity index (χ0) is 29.3. The zero-order valence-corrected chi connectivity index (χ0v) is 24.2. The van der Waals surface area contributed by atoms with Crippen molar-refractivity contribution in [1.29, 1.82) is 0 Å². The molecule has 0 unspecified atom stereocenters. The van der Waals surface area contributed by atoms with E-state index in [1.807, 2.05) is 6.92 Å². The first-order chi connectivity index (χ1) is 19.1. The van der Waals surface area contributed by atoms with Crippen LogP contribution in [0.25, 0.3) is 0 Å². The van der Waals surface area contributed by atoms with Gasteiger partial charge in [0.2, 0.25) is 11.8 Å². The molecule has 11 heteroatoms. The van der Waals surface area contributed by atoms with Gasteiger partial charge in [-0.05, 0) is 49.7 Å². The van der Waals surface area contributed by atoms with Gasteiger partial charge in [0.05, 0.1) is 22.7 Å². The highest BCUT2D eigenvalue weighted by Gasteiger charge is 2.33. The van der Waals surface area contributed by atoms with E-state index in [1.165, 1.54) is 67.5 Å². The number of hydrogen-bond donors (Lipinski definition) is 1. The van der Waals surface area contributed by atoms with Gasteiger partial charge < -0.3 is 15.0 Å². The Labute approximate surface area is 239 Å². The van der Waals surface area contributed by atoms with Crippen LogP contribution in [-0.4, -0.2) is 51.4 Å². The highest BCUT2D eigenvalue weighted by Crippen LogP contribution is 2.32. The summed E-state index contributed by atoms with van der Waals surface area (Å²) >= 11 is 6.31. The molecular formula is C29H33ClFN3O5S. The average Bonchev–Trinajstić information content (AvgIpc) is 2.95. The number of rotatable bonds is 13. The molecule has 8 nitrogen and oxygen atoms in total. The quantitative estimate of drug-likeness (QED) is 0.283. The van der Waals surface area contributed by atoms with Gasteiger partial charge in [-0.3, -0.25) is 13.9 Å². The minimum Gasteiger partial charge on any atom is -0.495 e. The van der Waals surface area contributed by atoms with Gasteiger partial charge in [0.15, 0.2) is 0 Å². The van der Waals surface area contributed by atoms with Gasteiger partial charge in [0, 0.05) is 18.7 Å². The molecule has 40 heavy (non-hydrogen) atoms. The maximum Gasteiger partial charge on any atom is 0.264 e. The minimum absolute atomic E-state index is 0.0410. The molecule has 0 heterocycles. The van der Waals surface area contributed by atoms with Crippen molar-refractivity contribution in [2.75, 3.05) is 24.5 Å². The van der Waals surface area contributed by atoms with E-state index in [4.69, 9.17) is 16.3 Å². The van der Waals surface area contributed by atoms with Crippen LogP contribution >= 0.6 is 11.6 Å². The Morgan fingerprint density at radius 2 is 1.73 bits per heavy atom. The number of benzene rings is 3. The molecule has 0 aromatic heterocycles. The molecule has 214 valence electrons. The van der Waals surface area contributed by atoms with Crippen LogP contribution < -0.4 is 14.4 Å². The molecule has 3 aromatic rings. The molecule has 0 radical (unpaired) electrons. The maximum atomic E-state index is 14.6. The summed E-state index contributed by atoms with van der Waals surface area (Å²) in [6.45, 7) is 3.02. The fourth-order valence-electron chi connectivity index (χ4n) is 3.99. The van der Waals surface area contributed by atoms with Crippen LogP contribution in [0.2, 0.25) is 5.02 Å². The van der Waals surface area contributed by atoms with Crippen molar-refractivity contribution < 1.29 is 27.1 Å². The van der Waals surface area contributed by atoms with E-state index in [1.54, 1.807) is 24.3 Å². The Balaban J connectivity index is 2.03. The Bertz CT molecular complexity index is 1420. The standard InChI is InChI=1S/C29H33ClFN3O5S/c1-4-5-17-32-29(36)21(2)33(19-22-11-9-10-14-26(22)31)28(35)20-34(23-15-16-27(39-3)25(30)18-23)40(37,38)24-12-7-6-8-13-24/h6-16,18,21H,4-5,17,19-20H2,1-3H3,(H,32,36)/t21-/m1/s1. The number of amides is 2. The van der Waals surface area contributed by atoms with Crippen molar-refractivity contribution in [3.05, 3.63) is 89.2 Å². The monoisotopic (exact) mass is 589 g/mol. The molecule has 0 saturated heterocycles. The SMILES string of the molecule is CCCCNC(=O)[C@@H](C)N(Cc1ccccc1F)C(=O)CN(c1ccc(OC)c(Cl)c1)S(=O)(=O)c1ccccc1. The first-order valence-electron chi connectivity index (χ1n) is 12.8. The lowest BCUT2D eigenvalue weighted by molar-refractivity contribution is -0.139. The molecule has 0 aliphatic heterocycles.